The molecule has 0 saturated heterocycles. The minimum Gasteiger partial charge on any atom is -0.462 e. The molecule has 0 unspecified atom stereocenters. The molecule has 0 spiro atoms. The first-order chi connectivity index (χ1) is 16.2. The van der Waals surface area contributed by atoms with Crippen molar-refractivity contribution in [1.29, 1.82) is 0 Å². The van der Waals surface area contributed by atoms with E-state index in [0.29, 0.717) is 21.1 Å². The number of carbonyl (C=O) groups is 4. The molecule has 12 heteroatoms. The largest absolute Gasteiger partial charge is 0.462 e. The lowest BCUT2D eigenvalue weighted by Crippen LogP contribution is -2.15. The van der Waals surface area contributed by atoms with Crippen molar-refractivity contribution in [3.63, 3.8) is 0 Å². The maximum atomic E-state index is 12.7. The number of nitrogens with zero attached hydrogens (tertiary/aromatic N) is 2. The fraction of sp³-hybridized carbons (Fsp3) is 0.273. The van der Waals surface area contributed by atoms with E-state index >= 15 is 0 Å². The molecule has 2 amide bonds. The Hall–Kier alpha value is -3.64. The van der Waals surface area contributed by atoms with Gasteiger partial charge in [-0.25, -0.2) is 19.6 Å². The Balaban J connectivity index is 1.71. The van der Waals surface area contributed by atoms with Crippen molar-refractivity contribution < 1.29 is 28.7 Å². The van der Waals surface area contributed by atoms with Crippen molar-refractivity contribution in [1.82, 2.24) is 9.97 Å². The summed E-state index contributed by atoms with van der Waals surface area (Å²) in [6, 6.07) is 6.08. The molecular weight excluding hydrogens is 480 g/mol. The normalized spacial score (nSPS) is 10.5. The number of aryl methyl sites for hydroxylation is 2. The molecule has 0 fully saturated rings. The third-order valence-corrected chi connectivity index (χ3v) is 6.45. The van der Waals surface area contributed by atoms with Crippen LogP contribution in [0.3, 0.4) is 0 Å². The zero-order valence-electron chi connectivity index (χ0n) is 18.9. The van der Waals surface area contributed by atoms with E-state index in [1.54, 1.807) is 45.9 Å². The molecule has 2 aromatic heterocycles. The molecule has 0 aliphatic heterocycles. The number of esters is 2. The van der Waals surface area contributed by atoms with Gasteiger partial charge >= 0.3 is 11.9 Å². The Morgan fingerprint density at radius 3 is 1.59 bits per heavy atom. The lowest BCUT2D eigenvalue weighted by molar-refractivity contribution is 0.0521. The second kappa shape index (κ2) is 11.0. The van der Waals surface area contributed by atoms with Crippen molar-refractivity contribution >= 4 is 56.7 Å². The number of nitrogens with one attached hydrogen (secondary N) is 2. The summed E-state index contributed by atoms with van der Waals surface area (Å²) in [5.41, 5.74) is 1.35. The second-order valence-corrected chi connectivity index (χ2v) is 8.80. The van der Waals surface area contributed by atoms with Crippen LogP contribution in [0.5, 0.6) is 0 Å². The van der Waals surface area contributed by atoms with Crippen molar-refractivity contribution in [2.24, 2.45) is 0 Å². The number of benzene rings is 1. The number of hydrogen-bond donors (Lipinski definition) is 2. The molecule has 0 aliphatic rings. The molecule has 178 valence electrons. The molecule has 34 heavy (non-hydrogen) atoms. The summed E-state index contributed by atoms with van der Waals surface area (Å²) in [5, 5.41) is 5.75. The summed E-state index contributed by atoms with van der Waals surface area (Å²) in [6.07, 6.45) is 0. The highest BCUT2D eigenvalue weighted by Crippen LogP contribution is 2.25. The van der Waals surface area contributed by atoms with E-state index in [0.717, 1.165) is 22.7 Å². The Morgan fingerprint density at radius 1 is 0.794 bits per heavy atom. The van der Waals surface area contributed by atoms with Gasteiger partial charge in [-0.1, -0.05) is 28.7 Å². The first kappa shape index (κ1) is 25.0. The van der Waals surface area contributed by atoms with Crippen LogP contribution < -0.4 is 10.6 Å². The molecule has 0 saturated carbocycles. The van der Waals surface area contributed by atoms with E-state index in [1.807, 2.05) is 0 Å². The SMILES string of the molecule is CCOC(=O)c1sc(NC(=O)c2cccc(C(=O)Nc3nc(C)c(C(=O)OCC)s3)c2)nc1C. The molecule has 0 bridgehead atoms. The molecule has 2 heterocycles. The number of aromatic nitrogens is 2. The molecule has 10 nitrogen and oxygen atoms in total. The minimum absolute atomic E-state index is 0.223. The first-order valence-corrected chi connectivity index (χ1v) is 11.9. The minimum atomic E-state index is -0.500. The van der Waals surface area contributed by atoms with Gasteiger partial charge < -0.3 is 9.47 Å². The number of carbonyl (C=O) groups excluding carboxylic acids is 4. The van der Waals surface area contributed by atoms with E-state index in [2.05, 4.69) is 20.6 Å². The molecule has 1 aromatic carbocycles. The van der Waals surface area contributed by atoms with E-state index in [-0.39, 0.29) is 34.6 Å². The number of rotatable bonds is 8. The average Bonchev–Trinajstić information content (AvgIpc) is 3.35. The summed E-state index contributed by atoms with van der Waals surface area (Å²) in [6.45, 7) is 7.17. The first-order valence-electron chi connectivity index (χ1n) is 10.2. The lowest BCUT2D eigenvalue weighted by atomic mass is 10.1. The van der Waals surface area contributed by atoms with Gasteiger partial charge in [-0.05, 0) is 45.9 Å². The Labute approximate surface area is 203 Å². The monoisotopic (exact) mass is 502 g/mol. The van der Waals surface area contributed by atoms with Crippen LogP contribution in [0.4, 0.5) is 10.3 Å². The van der Waals surface area contributed by atoms with Crippen LogP contribution in [0, 0.1) is 13.8 Å². The maximum absolute atomic E-state index is 12.7. The van der Waals surface area contributed by atoms with E-state index in [9.17, 15) is 19.2 Å². The summed E-state index contributed by atoms with van der Waals surface area (Å²) in [7, 11) is 0. The molecule has 0 radical (unpaired) electrons. The summed E-state index contributed by atoms with van der Waals surface area (Å²) in [4.78, 5) is 58.3. The van der Waals surface area contributed by atoms with Crippen LogP contribution in [0.15, 0.2) is 24.3 Å². The smallest absolute Gasteiger partial charge is 0.350 e. The highest BCUT2D eigenvalue weighted by Gasteiger charge is 2.20. The zero-order valence-corrected chi connectivity index (χ0v) is 20.5. The van der Waals surface area contributed by atoms with Crippen LogP contribution in [-0.4, -0.2) is 46.9 Å². The van der Waals surface area contributed by atoms with Crippen molar-refractivity contribution in [2.75, 3.05) is 23.8 Å². The van der Waals surface area contributed by atoms with Crippen molar-refractivity contribution in [3.8, 4) is 0 Å². The maximum Gasteiger partial charge on any atom is 0.350 e. The van der Waals surface area contributed by atoms with E-state index in [1.165, 1.54) is 6.07 Å². The van der Waals surface area contributed by atoms with Gasteiger partial charge in [0.15, 0.2) is 10.3 Å². The van der Waals surface area contributed by atoms with Crippen molar-refractivity contribution in [3.05, 3.63) is 56.5 Å². The van der Waals surface area contributed by atoms with E-state index < -0.39 is 23.8 Å². The summed E-state index contributed by atoms with van der Waals surface area (Å²) < 4.78 is 9.96. The van der Waals surface area contributed by atoms with Gasteiger partial charge in [-0.3, -0.25) is 20.2 Å². The standard InChI is InChI=1S/C22H22N4O6S2/c1-5-31-19(29)15-11(3)23-21(33-15)25-17(27)13-8-7-9-14(10-13)18(28)26-22-24-12(4)16(34-22)20(30)32-6-2/h7-10H,5-6H2,1-4H3,(H,23,25,27)(H,24,26,28). The van der Waals surface area contributed by atoms with Crippen LogP contribution in [0.25, 0.3) is 0 Å². The summed E-state index contributed by atoms with van der Waals surface area (Å²) >= 11 is 2.02. The van der Waals surface area contributed by atoms with Crippen LogP contribution >= 0.6 is 22.7 Å². The molecule has 3 rings (SSSR count). The molecular formula is C22H22N4O6S2. The molecule has 0 atom stereocenters. The topological polar surface area (TPSA) is 137 Å². The number of ether oxygens (including phenoxy) is 2. The molecule has 3 aromatic rings. The summed E-state index contributed by atoms with van der Waals surface area (Å²) in [5.74, 6) is -1.98. The quantitative estimate of drug-likeness (QED) is 0.440. The number of hydrogen-bond acceptors (Lipinski definition) is 10. The predicted octanol–water partition coefficient (Wildman–Crippen LogP) is 4.07. The van der Waals surface area contributed by atoms with Gasteiger partial charge in [0.2, 0.25) is 0 Å². The Bertz CT molecular complexity index is 1160. The third-order valence-electron chi connectivity index (χ3n) is 4.34. The average molecular weight is 503 g/mol. The van der Waals surface area contributed by atoms with Crippen LogP contribution in [-0.2, 0) is 9.47 Å². The number of thiazole rings is 2. The van der Waals surface area contributed by atoms with Gasteiger partial charge in [0.25, 0.3) is 11.8 Å². The Morgan fingerprint density at radius 2 is 1.21 bits per heavy atom. The van der Waals surface area contributed by atoms with Gasteiger partial charge in [0, 0.05) is 11.1 Å². The third kappa shape index (κ3) is 5.83. The van der Waals surface area contributed by atoms with Gasteiger partial charge in [0.1, 0.15) is 9.75 Å². The van der Waals surface area contributed by atoms with E-state index in [4.69, 9.17) is 9.47 Å². The lowest BCUT2D eigenvalue weighted by Gasteiger charge is -2.05. The number of amides is 2. The van der Waals surface area contributed by atoms with Crippen LogP contribution in [0.2, 0.25) is 0 Å². The van der Waals surface area contributed by atoms with Gasteiger partial charge in [0.05, 0.1) is 24.6 Å². The van der Waals surface area contributed by atoms with Crippen LogP contribution in [0.1, 0.15) is 65.3 Å². The predicted molar refractivity (Wildman–Crippen MR) is 128 cm³/mol. The number of anilines is 2. The second-order valence-electron chi connectivity index (χ2n) is 6.80. The fourth-order valence-electron chi connectivity index (χ4n) is 2.81. The molecule has 2 N–H and O–H groups in total. The Kier molecular flexibility index (Phi) is 8.08. The zero-order chi connectivity index (χ0) is 24.8. The van der Waals surface area contributed by atoms with Gasteiger partial charge in [-0.2, -0.15) is 0 Å². The van der Waals surface area contributed by atoms with Gasteiger partial charge in [-0.15, -0.1) is 0 Å². The van der Waals surface area contributed by atoms with Crippen molar-refractivity contribution in [2.45, 2.75) is 27.7 Å². The fourth-order valence-corrected chi connectivity index (χ4v) is 4.52. The molecule has 0 aliphatic carbocycles. The highest BCUT2D eigenvalue weighted by molar-refractivity contribution is 7.18. The highest BCUT2D eigenvalue weighted by atomic mass is 32.1.